The molecule has 1 aliphatic heterocycles. The van der Waals surface area contributed by atoms with Crippen LogP contribution in [0.3, 0.4) is 0 Å². The quantitative estimate of drug-likeness (QED) is 0.917. The number of aliphatic imine (C=N–C) groups is 1. The Balaban J connectivity index is 2.01. The Labute approximate surface area is 123 Å². The molecule has 2 N–H and O–H groups in total. The molecule has 2 aromatic rings. The van der Waals surface area contributed by atoms with E-state index in [9.17, 15) is 0 Å². The van der Waals surface area contributed by atoms with Gasteiger partial charge in [-0.3, -0.25) is 4.99 Å². The molecule has 20 heavy (non-hydrogen) atoms. The number of hydrogen-bond donors (Lipinski definition) is 1. The number of guanidine groups is 1. The lowest BCUT2D eigenvalue weighted by Crippen LogP contribution is -2.36. The van der Waals surface area contributed by atoms with E-state index in [1.807, 2.05) is 30.3 Å². The molecule has 1 unspecified atom stereocenters. The smallest absolute Gasteiger partial charge is 0.196 e. The van der Waals surface area contributed by atoms with Gasteiger partial charge in [-0.2, -0.15) is 0 Å². The zero-order valence-electron chi connectivity index (χ0n) is 11.3. The average molecular weight is 286 g/mol. The molecule has 2 aromatic carbocycles. The second-order valence-electron chi connectivity index (χ2n) is 4.92. The third kappa shape index (κ3) is 2.25. The van der Waals surface area contributed by atoms with E-state index >= 15 is 0 Å². The highest BCUT2D eigenvalue weighted by Gasteiger charge is 2.29. The lowest BCUT2D eigenvalue weighted by Gasteiger charge is -2.27. The van der Waals surface area contributed by atoms with Crippen LogP contribution in [0.5, 0.6) is 0 Å². The molecule has 0 saturated carbocycles. The molecule has 4 heteroatoms. The van der Waals surface area contributed by atoms with Gasteiger partial charge in [0.2, 0.25) is 0 Å². The fourth-order valence-corrected chi connectivity index (χ4v) is 2.74. The second-order valence-corrected chi connectivity index (χ2v) is 5.35. The molecule has 102 valence electrons. The van der Waals surface area contributed by atoms with Gasteiger partial charge in [0.1, 0.15) is 0 Å². The standard InChI is InChI=1S/C16H16ClN3/c1-11-4-2-3-5-14(11)15-10-19-16(18)20(15)13-8-6-12(17)7-9-13/h2-9,15H,10H2,1H3,(H2,18,19). The molecule has 0 aliphatic carbocycles. The normalized spacial score (nSPS) is 18.2. The summed E-state index contributed by atoms with van der Waals surface area (Å²) in [6.45, 7) is 2.79. The first kappa shape index (κ1) is 13.0. The highest BCUT2D eigenvalue weighted by Crippen LogP contribution is 2.33. The molecule has 0 bridgehead atoms. The molecule has 0 radical (unpaired) electrons. The van der Waals surface area contributed by atoms with E-state index in [2.05, 4.69) is 35.0 Å². The Bertz CT molecular complexity index is 649. The van der Waals surface area contributed by atoms with Crippen LogP contribution in [0.25, 0.3) is 0 Å². The predicted octanol–water partition coefficient (Wildman–Crippen LogP) is 3.52. The fourth-order valence-electron chi connectivity index (χ4n) is 2.61. The Morgan fingerprint density at radius 2 is 1.85 bits per heavy atom. The predicted molar refractivity (Wildman–Crippen MR) is 84.3 cm³/mol. The third-order valence-electron chi connectivity index (χ3n) is 3.64. The minimum atomic E-state index is 0.150. The molecule has 3 rings (SSSR count). The van der Waals surface area contributed by atoms with E-state index in [1.165, 1.54) is 11.1 Å². The van der Waals surface area contributed by atoms with E-state index in [0.29, 0.717) is 12.5 Å². The van der Waals surface area contributed by atoms with Gasteiger partial charge >= 0.3 is 0 Å². The summed E-state index contributed by atoms with van der Waals surface area (Å²) in [5.41, 5.74) is 9.59. The molecular formula is C16H16ClN3. The van der Waals surface area contributed by atoms with Crippen LogP contribution in [0.4, 0.5) is 5.69 Å². The van der Waals surface area contributed by atoms with Crippen LogP contribution in [0.1, 0.15) is 17.2 Å². The van der Waals surface area contributed by atoms with Gasteiger partial charge in [0.15, 0.2) is 5.96 Å². The number of hydrogen-bond acceptors (Lipinski definition) is 3. The number of benzene rings is 2. The minimum Gasteiger partial charge on any atom is -0.369 e. The second kappa shape index (κ2) is 5.17. The largest absolute Gasteiger partial charge is 0.369 e. The van der Waals surface area contributed by atoms with E-state index in [1.54, 1.807) is 0 Å². The zero-order valence-corrected chi connectivity index (χ0v) is 12.0. The van der Waals surface area contributed by atoms with Crippen molar-refractivity contribution in [2.24, 2.45) is 10.7 Å². The maximum Gasteiger partial charge on any atom is 0.196 e. The van der Waals surface area contributed by atoms with Crippen molar-refractivity contribution in [1.29, 1.82) is 0 Å². The van der Waals surface area contributed by atoms with Gasteiger partial charge in [-0.05, 0) is 42.3 Å². The zero-order chi connectivity index (χ0) is 14.1. The summed E-state index contributed by atoms with van der Waals surface area (Å²) in [6, 6.07) is 16.2. The molecule has 0 amide bonds. The van der Waals surface area contributed by atoms with Crippen LogP contribution >= 0.6 is 11.6 Å². The van der Waals surface area contributed by atoms with Crippen molar-refractivity contribution < 1.29 is 0 Å². The van der Waals surface area contributed by atoms with Crippen LogP contribution in [-0.2, 0) is 0 Å². The number of rotatable bonds is 2. The summed E-state index contributed by atoms with van der Waals surface area (Å²) in [5.74, 6) is 0.556. The summed E-state index contributed by atoms with van der Waals surface area (Å²) in [4.78, 5) is 6.47. The summed E-state index contributed by atoms with van der Waals surface area (Å²) < 4.78 is 0. The van der Waals surface area contributed by atoms with Crippen molar-refractivity contribution in [3.8, 4) is 0 Å². The topological polar surface area (TPSA) is 41.6 Å². The number of halogens is 1. The van der Waals surface area contributed by atoms with Gasteiger partial charge in [0.25, 0.3) is 0 Å². The molecule has 0 aromatic heterocycles. The maximum absolute atomic E-state index is 6.07. The van der Waals surface area contributed by atoms with Crippen LogP contribution in [0.2, 0.25) is 5.02 Å². The number of nitrogens with two attached hydrogens (primary N) is 1. The van der Waals surface area contributed by atoms with Crippen molar-refractivity contribution in [3.63, 3.8) is 0 Å². The van der Waals surface area contributed by atoms with Gasteiger partial charge in [-0.15, -0.1) is 0 Å². The lowest BCUT2D eigenvalue weighted by molar-refractivity contribution is 0.762. The Kier molecular flexibility index (Phi) is 3.36. The maximum atomic E-state index is 6.07. The Morgan fingerprint density at radius 3 is 2.55 bits per heavy atom. The van der Waals surface area contributed by atoms with E-state index < -0.39 is 0 Å². The number of nitrogens with zero attached hydrogens (tertiary/aromatic N) is 2. The van der Waals surface area contributed by atoms with Crippen molar-refractivity contribution >= 4 is 23.2 Å². The van der Waals surface area contributed by atoms with Gasteiger partial charge < -0.3 is 10.6 Å². The molecule has 3 nitrogen and oxygen atoms in total. The number of aryl methyl sites for hydroxylation is 1. The highest BCUT2D eigenvalue weighted by atomic mass is 35.5. The molecule has 0 spiro atoms. The van der Waals surface area contributed by atoms with E-state index in [0.717, 1.165) is 10.7 Å². The summed E-state index contributed by atoms with van der Waals surface area (Å²) >= 11 is 5.95. The van der Waals surface area contributed by atoms with Crippen molar-refractivity contribution in [3.05, 3.63) is 64.7 Å². The molecule has 0 fully saturated rings. The van der Waals surface area contributed by atoms with Crippen molar-refractivity contribution in [2.75, 3.05) is 11.4 Å². The lowest BCUT2D eigenvalue weighted by atomic mass is 10.0. The number of anilines is 1. The summed E-state index contributed by atoms with van der Waals surface area (Å²) in [6.07, 6.45) is 0. The van der Waals surface area contributed by atoms with E-state index in [4.69, 9.17) is 17.3 Å². The molecule has 0 saturated heterocycles. The minimum absolute atomic E-state index is 0.150. The van der Waals surface area contributed by atoms with Crippen LogP contribution < -0.4 is 10.6 Å². The fraction of sp³-hybridized carbons (Fsp3) is 0.188. The summed E-state index contributed by atoms with van der Waals surface area (Å²) in [7, 11) is 0. The molecule has 1 atom stereocenters. The van der Waals surface area contributed by atoms with Gasteiger partial charge in [-0.25, -0.2) is 0 Å². The summed E-state index contributed by atoms with van der Waals surface area (Å²) in [5, 5.41) is 0.718. The Morgan fingerprint density at radius 1 is 1.15 bits per heavy atom. The first-order chi connectivity index (χ1) is 9.66. The Hall–Kier alpha value is -2.00. The van der Waals surface area contributed by atoms with Crippen molar-refractivity contribution in [1.82, 2.24) is 0 Å². The monoisotopic (exact) mass is 285 g/mol. The van der Waals surface area contributed by atoms with Gasteiger partial charge in [0, 0.05) is 10.7 Å². The SMILES string of the molecule is Cc1ccccc1C1CN=C(N)N1c1ccc(Cl)cc1. The van der Waals surface area contributed by atoms with E-state index in [-0.39, 0.29) is 6.04 Å². The molecular weight excluding hydrogens is 270 g/mol. The van der Waals surface area contributed by atoms with Crippen LogP contribution in [0.15, 0.2) is 53.5 Å². The average Bonchev–Trinajstić information content (AvgIpc) is 2.82. The van der Waals surface area contributed by atoms with Crippen LogP contribution in [0, 0.1) is 6.92 Å². The molecule has 1 heterocycles. The van der Waals surface area contributed by atoms with Gasteiger partial charge in [-0.1, -0.05) is 35.9 Å². The van der Waals surface area contributed by atoms with Gasteiger partial charge in [0.05, 0.1) is 12.6 Å². The van der Waals surface area contributed by atoms with Crippen LogP contribution in [-0.4, -0.2) is 12.5 Å². The third-order valence-corrected chi connectivity index (χ3v) is 3.89. The first-order valence-electron chi connectivity index (χ1n) is 6.57. The molecule has 1 aliphatic rings. The van der Waals surface area contributed by atoms with Crippen molar-refractivity contribution in [2.45, 2.75) is 13.0 Å². The highest BCUT2D eigenvalue weighted by molar-refractivity contribution is 6.30. The first-order valence-corrected chi connectivity index (χ1v) is 6.95.